The van der Waals surface area contributed by atoms with Gasteiger partial charge in [0.2, 0.25) is 5.91 Å². The third kappa shape index (κ3) is 2.10. The fourth-order valence-corrected chi connectivity index (χ4v) is 4.14. The van der Waals surface area contributed by atoms with E-state index in [1.807, 2.05) is 18.2 Å². The van der Waals surface area contributed by atoms with Gasteiger partial charge in [-0.05, 0) is 25.7 Å². The maximum Gasteiger partial charge on any atom is 0.226 e. The van der Waals surface area contributed by atoms with E-state index in [0.29, 0.717) is 23.9 Å². The lowest BCUT2D eigenvalue weighted by molar-refractivity contribution is -0.135. The van der Waals surface area contributed by atoms with Crippen LogP contribution in [0.4, 0.5) is 0 Å². The second-order valence-corrected chi connectivity index (χ2v) is 7.03. The Bertz CT molecular complexity index is 750. The average Bonchev–Trinajstić information content (AvgIpc) is 3.28. The maximum atomic E-state index is 12.7. The van der Waals surface area contributed by atoms with Crippen LogP contribution in [0.3, 0.4) is 0 Å². The Morgan fingerprint density at radius 1 is 1.00 bits per heavy atom. The van der Waals surface area contributed by atoms with Crippen molar-refractivity contribution in [3.63, 3.8) is 0 Å². The molecule has 23 heavy (non-hydrogen) atoms. The fraction of sp³-hybridized carbons (Fsp3) is 0.500. The summed E-state index contributed by atoms with van der Waals surface area (Å²) in [4.78, 5) is 14.9. The molecule has 1 aliphatic carbocycles. The zero-order valence-electron chi connectivity index (χ0n) is 13.1. The molecule has 3 heterocycles. The van der Waals surface area contributed by atoms with Crippen LogP contribution in [0.5, 0.6) is 0 Å². The van der Waals surface area contributed by atoms with Crippen molar-refractivity contribution in [2.45, 2.75) is 50.7 Å². The maximum absolute atomic E-state index is 12.7. The molecule has 5 nitrogen and oxygen atoms in total. The molecule has 0 unspecified atom stereocenters. The van der Waals surface area contributed by atoms with E-state index in [-0.39, 0.29) is 0 Å². The summed E-state index contributed by atoms with van der Waals surface area (Å²) in [7, 11) is 0. The normalized spacial score (nSPS) is 26.0. The molecule has 1 saturated heterocycles. The molecule has 1 aromatic carbocycles. The minimum absolute atomic E-state index is 0.301. The molecule has 3 aliphatic rings. The molecule has 2 aromatic rings. The first-order valence-corrected chi connectivity index (χ1v) is 8.61. The lowest BCUT2D eigenvalue weighted by atomic mass is 10.1. The minimum Gasteiger partial charge on any atom is -0.334 e. The molecule has 5 heteroatoms. The molecule has 0 N–H and O–H groups in total. The highest BCUT2D eigenvalue weighted by Gasteiger charge is 2.45. The van der Waals surface area contributed by atoms with Gasteiger partial charge >= 0.3 is 0 Å². The number of carbonyl (C=O) groups excluding carboxylic acids is 1. The van der Waals surface area contributed by atoms with Gasteiger partial charge in [-0.2, -0.15) is 0 Å². The number of nitrogens with zero attached hydrogens (tertiary/aromatic N) is 4. The quantitative estimate of drug-likeness (QED) is 0.855. The van der Waals surface area contributed by atoms with Gasteiger partial charge in [0.05, 0.1) is 6.04 Å². The standard InChI is InChI=1S/C18H20N4O/c23-18(13-6-7-13)22-14-8-9-15(22)11-21-16(10-14)19-20-17(21)12-4-2-1-3-5-12/h1-5,13-15H,6-11H2/t14-,15+/m0/s1. The average molecular weight is 308 g/mol. The van der Waals surface area contributed by atoms with Crippen LogP contribution in [-0.2, 0) is 17.8 Å². The number of aromatic nitrogens is 3. The summed E-state index contributed by atoms with van der Waals surface area (Å²) in [5.41, 5.74) is 1.10. The van der Waals surface area contributed by atoms with Crippen LogP contribution in [0.25, 0.3) is 11.4 Å². The molecular weight excluding hydrogens is 288 g/mol. The first-order chi connectivity index (χ1) is 11.3. The first kappa shape index (κ1) is 13.3. The van der Waals surface area contributed by atoms with Gasteiger partial charge < -0.3 is 9.47 Å². The van der Waals surface area contributed by atoms with Crippen molar-refractivity contribution in [2.75, 3.05) is 0 Å². The van der Waals surface area contributed by atoms with E-state index in [4.69, 9.17) is 0 Å². The highest BCUT2D eigenvalue weighted by atomic mass is 16.2. The topological polar surface area (TPSA) is 51.0 Å². The van der Waals surface area contributed by atoms with Crippen molar-refractivity contribution < 1.29 is 4.79 Å². The Labute approximate surface area is 135 Å². The molecule has 0 radical (unpaired) electrons. The Morgan fingerprint density at radius 3 is 2.57 bits per heavy atom. The third-order valence-electron chi connectivity index (χ3n) is 5.47. The minimum atomic E-state index is 0.301. The summed E-state index contributed by atoms with van der Waals surface area (Å²) in [6.45, 7) is 0.835. The zero-order valence-corrected chi connectivity index (χ0v) is 13.1. The number of fused-ring (bicyclic) bond motifs is 3. The Kier molecular flexibility index (Phi) is 2.84. The van der Waals surface area contributed by atoms with Gasteiger partial charge in [-0.15, -0.1) is 10.2 Å². The SMILES string of the molecule is O=C(C1CC1)N1[C@@H]2CC[C@H]1Cc1nnc(-c3ccccc3)n1C2. The molecule has 2 bridgehead atoms. The summed E-state index contributed by atoms with van der Waals surface area (Å²) >= 11 is 0. The molecule has 118 valence electrons. The van der Waals surface area contributed by atoms with E-state index < -0.39 is 0 Å². The van der Waals surface area contributed by atoms with Gasteiger partial charge in [-0.25, -0.2) is 0 Å². The highest BCUT2D eigenvalue weighted by Crippen LogP contribution is 2.39. The largest absolute Gasteiger partial charge is 0.334 e. The van der Waals surface area contributed by atoms with E-state index in [9.17, 15) is 4.79 Å². The van der Waals surface area contributed by atoms with E-state index in [2.05, 4.69) is 31.8 Å². The number of carbonyl (C=O) groups is 1. The van der Waals surface area contributed by atoms with Crippen molar-refractivity contribution in [3.8, 4) is 11.4 Å². The summed E-state index contributed by atoms with van der Waals surface area (Å²) in [6, 6.07) is 10.9. The van der Waals surface area contributed by atoms with Crippen LogP contribution < -0.4 is 0 Å². The van der Waals surface area contributed by atoms with Crippen molar-refractivity contribution in [3.05, 3.63) is 36.2 Å². The number of hydrogen-bond donors (Lipinski definition) is 0. The van der Waals surface area contributed by atoms with E-state index in [1.165, 1.54) is 0 Å². The third-order valence-corrected chi connectivity index (χ3v) is 5.47. The summed E-state index contributed by atoms with van der Waals surface area (Å²) in [5.74, 6) is 2.66. The Morgan fingerprint density at radius 2 is 1.78 bits per heavy atom. The predicted molar refractivity (Wildman–Crippen MR) is 85.5 cm³/mol. The van der Waals surface area contributed by atoms with Gasteiger partial charge in [0, 0.05) is 30.5 Å². The van der Waals surface area contributed by atoms with Crippen molar-refractivity contribution in [2.24, 2.45) is 5.92 Å². The van der Waals surface area contributed by atoms with Crippen LogP contribution in [-0.4, -0.2) is 37.7 Å². The van der Waals surface area contributed by atoms with Gasteiger partial charge in [0.25, 0.3) is 0 Å². The molecule has 0 spiro atoms. The molecule has 1 aromatic heterocycles. The Hall–Kier alpha value is -2.17. The van der Waals surface area contributed by atoms with Crippen molar-refractivity contribution in [1.29, 1.82) is 0 Å². The number of rotatable bonds is 2. The molecular formula is C18H20N4O. The lowest BCUT2D eigenvalue weighted by Crippen LogP contribution is -2.42. The number of amides is 1. The second-order valence-electron chi connectivity index (χ2n) is 7.03. The molecule has 2 fully saturated rings. The van der Waals surface area contributed by atoms with Crippen molar-refractivity contribution in [1.82, 2.24) is 19.7 Å². The highest BCUT2D eigenvalue weighted by molar-refractivity contribution is 5.82. The molecule has 5 rings (SSSR count). The summed E-state index contributed by atoms with van der Waals surface area (Å²) in [5, 5.41) is 8.87. The molecule has 2 aliphatic heterocycles. The fourth-order valence-electron chi connectivity index (χ4n) is 4.14. The van der Waals surface area contributed by atoms with Gasteiger partial charge in [-0.3, -0.25) is 4.79 Å². The van der Waals surface area contributed by atoms with Crippen LogP contribution in [0, 0.1) is 5.92 Å². The van der Waals surface area contributed by atoms with E-state index >= 15 is 0 Å². The molecule has 1 saturated carbocycles. The van der Waals surface area contributed by atoms with E-state index in [0.717, 1.165) is 55.9 Å². The van der Waals surface area contributed by atoms with E-state index in [1.54, 1.807) is 0 Å². The molecule has 2 atom stereocenters. The van der Waals surface area contributed by atoms with Gasteiger partial charge in [0.15, 0.2) is 5.82 Å². The number of hydrogen-bond acceptors (Lipinski definition) is 3. The van der Waals surface area contributed by atoms with Crippen molar-refractivity contribution >= 4 is 5.91 Å². The lowest BCUT2D eigenvalue weighted by Gasteiger charge is -2.28. The summed E-state index contributed by atoms with van der Waals surface area (Å²) < 4.78 is 2.24. The van der Waals surface area contributed by atoms with Gasteiger partial charge in [-0.1, -0.05) is 30.3 Å². The molecule has 1 amide bonds. The van der Waals surface area contributed by atoms with Crippen LogP contribution >= 0.6 is 0 Å². The second kappa shape index (κ2) is 4.91. The summed E-state index contributed by atoms with van der Waals surface area (Å²) in [6.07, 6.45) is 5.22. The van der Waals surface area contributed by atoms with Crippen LogP contribution in [0.1, 0.15) is 31.5 Å². The predicted octanol–water partition coefficient (Wildman–Crippen LogP) is 2.27. The smallest absolute Gasteiger partial charge is 0.226 e. The first-order valence-electron chi connectivity index (χ1n) is 8.61. The number of benzene rings is 1. The Balaban J connectivity index is 1.51. The monoisotopic (exact) mass is 308 g/mol. The van der Waals surface area contributed by atoms with Gasteiger partial charge in [0.1, 0.15) is 5.82 Å². The van der Waals surface area contributed by atoms with Crippen LogP contribution in [0.2, 0.25) is 0 Å². The zero-order chi connectivity index (χ0) is 15.4. The van der Waals surface area contributed by atoms with Crippen LogP contribution in [0.15, 0.2) is 30.3 Å².